The summed E-state index contributed by atoms with van der Waals surface area (Å²) in [5.74, 6) is 1.20. The third kappa shape index (κ3) is 4.56. The van der Waals surface area contributed by atoms with Gasteiger partial charge in [-0.15, -0.1) is 0 Å². The number of ether oxygens (including phenoxy) is 3. The van der Waals surface area contributed by atoms with E-state index >= 15 is 0 Å². The van der Waals surface area contributed by atoms with Crippen molar-refractivity contribution in [3.8, 4) is 17.2 Å². The molecule has 158 valence electrons. The van der Waals surface area contributed by atoms with E-state index < -0.39 is 0 Å². The molecule has 3 amide bonds. The van der Waals surface area contributed by atoms with Crippen molar-refractivity contribution in [2.75, 3.05) is 50.9 Å². The first kappa shape index (κ1) is 19.8. The predicted octanol–water partition coefficient (Wildman–Crippen LogP) is 2.03. The van der Waals surface area contributed by atoms with Crippen LogP contribution in [0, 0.1) is 5.82 Å². The van der Waals surface area contributed by atoms with Gasteiger partial charge in [0.1, 0.15) is 37.9 Å². The largest absolute Gasteiger partial charge is 0.492 e. The van der Waals surface area contributed by atoms with Crippen molar-refractivity contribution in [3.05, 3.63) is 48.3 Å². The first-order valence-corrected chi connectivity index (χ1v) is 9.71. The molecule has 2 aliphatic heterocycles. The lowest BCUT2D eigenvalue weighted by atomic mass is 10.2. The van der Waals surface area contributed by atoms with E-state index in [2.05, 4.69) is 5.32 Å². The van der Waals surface area contributed by atoms with Gasteiger partial charge in [-0.25, -0.2) is 9.18 Å². The Morgan fingerprint density at radius 3 is 2.63 bits per heavy atom. The zero-order chi connectivity index (χ0) is 20.9. The van der Waals surface area contributed by atoms with Gasteiger partial charge in [-0.3, -0.25) is 9.69 Å². The van der Waals surface area contributed by atoms with Gasteiger partial charge in [0, 0.05) is 24.8 Å². The molecule has 1 saturated heterocycles. The first-order chi connectivity index (χ1) is 14.6. The van der Waals surface area contributed by atoms with Gasteiger partial charge in [-0.1, -0.05) is 0 Å². The maximum absolute atomic E-state index is 12.9. The SMILES string of the molecule is O=C(CN1CCN(c2ccc3c(c2)OCCO3)C1=O)NCCOc1ccc(F)cc1. The molecular weight excluding hydrogens is 393 g/mol. The Morgan fingerprint density at radius 2 is 1.83 bits per heavy atom. The topological polar surface area (TPSA) is 80.3 Å². The molecule has 1 N–H and O–H groups in total. The van der Waals surface area contributed by atoms with Crippen molar-refractivity contribution in [1.29, 1.82) is 0 Å². The Morgan fingerprint density at radius 1 is 1.07 bits per heavy atom. The number of anilines is 1. The molecule has 0 spiro atoms. The fourth-order valence-corrected chi connectivity index (χ4v) is 3.29. The monoisotopic (exact) mass is 415 g/mol. The number of carbonyl (C=O) groups is 2. The highest BCUT2D eigenvalue weighted by molar-refractivity contribution is 5.96. The number of nitrogens with one attached hydrogen (secondary N) is 1. The Hall–Kier alpha value is -3.49. The standard InChI is InChI=1S/C21H22FN3O5/c22-15-1-4-17(5-2-15)28-10-7-23-20(26)14-24-8-9-25(21(24)27)16-3-6-18-19(13-16)30-12-11-29-18/h1-6,13H,7-12,14H2,(H,23,26). The zero-order valence-corrected chi connectivity index (χ0v) is 16.3. The van der Waals surface area contributed by atoms with E-state index in [0.717, 1.165) is 0 Å². The summed E-state index contributed by atoms with van der Waals surface area (Å²) in [6.45, 7) is 2.41. The quantitative estimate of drug-likeness (QED) is 0.700. The minimum Gasteiger partial charge on any atom is -0.492 e. The average Bonchev–Trinajstić information content (AvgIpc) is 3.12. The van der Waals surface area contributed by atoms with E-state index in [-0.39, 0.29) is 37.5 Å². The molecular formula is C21H22FN3O5. The number of hydrogen-bond acceptors (Lipinski definition) is 5. The van der Waals surface area contributed by atoms with E-state index in [1.165, 1.54) is 29.2 Å². The fraction of sp³-hybridized carbons (Fsp3) is 0.333. The Bertz CT molecular complexity index is 921. The molecule has 0 saturated carbocycles. The summed E-state index contributed by atoms with van der Waals surface area (Å²) >= 11 is 0. The van der Waals surface area contributed by atoms with Crippen LogP contribution >= 0.6 is 0 Å². The van der Waals surface area contributed by atoms with Crippen LogP contribution in [0.15, 0.2) is 42.5 Å². The van der Waals surface area contributed by atoms with Crippen LogP contribution in [0.25, 0.3) is 0 Å². The first-order valence-electron chi connectivity index (χ1n) is 9.71. The van der Waals surface area contributed by atoms with E-state index in [4.69, 9.17) is 14.2 Å². The van der Waals surface area contributed by atoms with Crippen LogP contribution in [0.5, 0.6) is 17.2 Å². The molecule has 0 atom stereocenters. The van der Waals surface area contributed by atoms with E-state index in [0.29, 0.717) is 49.2 Å². The summed E-state index contributed by atoms with van der Waals surface area (Å²) in [7, 11) is 0. The van der Waals surface area contributed by atoms with Crippen LogP contribution in [-0.4, -0.2) is 62.8 Å². The number of urea groups is 1. The van der Waals surface area contributed by atoms with Crippen LogP contribution < -0.4 is 24.4 Å². The van der Waals surface area contributed by atoms with Gasteiger partial charge in [0.25, 0.3) is 0 Å². The minimum absolute atomic E-state index is 0.0313. The highest BCUT2D eigenvalue weighted by Crippen LogP contribution is 2.34. The van der Waals surface area contributed by atoms with Crippen molar-refractivity contribution in [1.82, 2.24) is 10.2 Å². The molecule has 4 rings (SSSR count). The molecule has 0 unspecified atom stereocenters. The normalized spacial score (nSPS) is 15.3. The number of amides is 3. The Balaban J connectivity index is 1.24. The molecule has 0 aromatic heterocycles. The third-order valence-electron chi connectivity index (χ3n) is 4.77. The molecule has 2 aliphatic rings. The van der Waals surface area contributed by atoms with Gasteiger partial charge in [0.2, 0.25) is 5.91 Å². The van der Waals surface area contributed by atoms with Crippen molar-refractivity contribution in [2.45, 2.75) is 0 Å². The number of hydrogen-bond donors (Lipinski definition) is 1. The lowest BCUT2D eigenvalue weighted by Gasteiger charge is -2.22. The second-order valence-electron chi connectivity index (χ2n) is 6.84. The van der Waals surface area contributed by atoms with Crippen LogP contribution in [0.4, 0.5) is 14.9 Å². The summed E-state index contributed by atoms with van der Waals surface area (Å²) in [6.07, 6.45) is 0. The van der Waals surface area contributed by atoms with E-state index in [1.54, 1.807) is 17.0 Å². The van der Waals surface area contributed by atoms with Gasteiger partial charge in [0.05, 0.1) is 6.54 Å². The van der Waals surface area contributed by atoms with Crippen molar-refractivity contribution < 1.29 is 28.2 Å². The van der Waals surface area contributed by atoms with Crippen LogP contribution in [0.3, 0.4) is 0 Å². The molecule has 9 heteroatoms. The molecule has 0 aliphatic carbocycles. The molecule has 2 heterocycles. The second-order valence-corrected chi connectivity index (χ2v) is 6.84. The van der Waals surface area contributed by atoms with Gasteiger partial charge in [0.15, 0.2) is 11.5 Å². The summed E-state index contributed by atoms with van der Waals surface area (Å²) in [6, 6.07) is 10.8. The Labute approximate surface area is 173 Å². The van der Waals surface area contributed by atoms with Gasteiger partial charge >= 0.3 is 6.03 Å². The van der Waals surface area contributed by atoms with Crippen molar-refractivity contribution in [2.24, 2.45) is 0 Å². The zero-order valence-electron chi connectivity index (χ0n) is 16.3. The molecule has 2 aromatic rings. The third-order valence-corrected chi connectivity index (χ3v) is 4.77. The number of rotatable bonds is 7. The van der Waals surface area contributed by atoms with Gasteiger partial charge < -0.3 is 24.4 Å². The molecule has 1 fully saturated rings. The predicted molar refractivity (Wildman–Crippen MR) is 107 cm³/mol. The minimum atomic E-state index is -0.337. The second kappa shape index (κ2) is 8.89. The molecule has 8 nitrogen and oxygen atoms in total. The summed E-state index contributed by atoms with van der Waals surface area (Å²) < 4.78 is 29.4. The molecule has 30 heavy (non-hydrogen) atoms. The van der Waals surface area contributed by atoms with E-state index in [9.17, 15) is 14.0 Å². The number of halogens is 1. The number of carbonyl (C=O) groups excluding carboxylic acids is 2. The number of benzene rings is 2. The number of fused-ring (bicyclic) bond motifs is 1. The van der Waals surface area contributed by atoms with Gasteiger partial charge in [-0.05, 0) is 36.4 Å². The Kier molecular flexibility index (Phi) is 5.87. The fourth-order valence-electron chi connectivity index (χ4n) is 3.29. The maximum atomic E-state index is 12.9. The molecule has 0 bridgehead atoms. The van der Waals surface area contributed by atoms with E-state index in [1.807, 2.05) is 6.07 Å². The lowest BCUT2D eigenvalue weighted by molar-refractivity contribution is -0.121. The summed E-state index contributed by atoms with van der Waals surface area (Å²) in [5, 5.41) is 2.72. The lowest BCUT2D eigenvalue weighted by Crippen LogP contribution is -2.41. The van der Waals surface area contributed by atoms with Crippen molar-refractivity contribution >= 4 is 17.6 Å². The van der Waals surface area contributed by atoms with Crippen LogP contribution in [0.1, 0.15) is 0 Å². The molecule has 2 aromatic carbocycles. The van der Waals surface area contributed by atoms with Crippen molar-refractivity contribution in [3.63, 3.8) is 0 Å². The highest BCUT2D eigenvalue weighted by Gasteiger charge is 2.31. The highest BCUT2D eigenvalue weighted by atomic mass is 19.1. The summed E-state index contributed by atoms with van der Waals surface area (Å²) in [4.78, 5) is 28.0. The summed E-state index contributed by atoms with van der Waals surface area (Å²) in [5.41, 5.74) is 0.708. The van der Waals surface area contributed by atoms with Crippen LogP contribution in [-0.2, 0) is 4.79 Å². The smallest absolute Gasteiger partial charge is 0.325 e. The average molecular weight is 415 g/mol. The molecule has 0 radical (unpaired) electrons. The number of nitrogens with zero attached hydrogens (tertiary/aromatic N) is 2. The van der Waals surface area contributed by atoms with Crippen LogP contribution in [0.2, 0.25) is 0 Å². The van der Waals surface area contributed by atoms with Gasteiger partial charge in [-0.2, -0.15) is 0 Å². The maximum Gasteiger partial charge on any atom is 0.325 e.